The van der Waals surface area contributed by atoms with E-state index in [0.717, 1.165) is 4.90 Å². The first-order valence-corrected chi connectivity index (χ1v) is 8.28. The summed E-state index contributed by atoms with van der Waals surface area (Å²) >= 11 is 1.55. The van der Waals surface area contributed by atoms with E-state index in [1.54, 1.807) is 23.9 Å². The lowest BCUT2D eigenvalue weighted by Crippen LogP contribution is -2.23. The van der Waals surface area contributed by atoms with Crippen LogP contribution in [0.5, 0.6) is 5.75 Å². The Bertz CT molecular complexity index is 723. The Hall–Kier alpha value is -2.54. The maximum atomic E-state index is 13.3. The van der Waals surface area contributed by atoms with Crippen LogP contribution >= 0.6 is 11.8 Å². The Labute approximate surface area is 143 Å². The maximum absolute atomic E-state index is 13.3. The minimum absolute atomic E-state index is 0.0483. The number of nitrogens with one attached hydrogen (secondary N) is 1. The van der Waals surface area contributed by atoms with E-state index in [4.69, 9.17) is 9.47 Å². The molecule has 7 heteroatoms. The highest BCUT2D eigenvalue weighted by Gasteiger charge is 2.10. The molecule has 24 heavy (non-hydrogen) atoms. The molecule has 0 bridgehead atoms. The molecule has 0 heterocycles. The van der Waals surface area contributed by atoms with Gasteiger partial charge < -0.3 is 14.8 Å². The van der Waals surface area contributed by atoms with Crippen LogP contribution in [0.25, 0.3) is 0 Å². The van der Waals surface area contributed by atoms with Gasteiger partial charge in [-0.2, -0.15) is 0 Å². The zero-order valence-corrected chi connectivity index (χ0v) is 13.8. The Morgan fingerprint density at radius 1 is 1.12 bits per heavy atom. The average molecular weight is 349 g/mol. The van der Waals surface area contributed by atoms with Gasteiger partial charge in [-0.05, 0) is 36.6 Å². The Morgan fingerprint density at radius 2 is 1.92 bits per heavy atom. The number of amides is 1. The van der Waals surface area contributed by atoms with Gasteiger partial charge in [0.25, 0.3) is 5.91 Å². The molecule has 2 rings (SSSR count). The van der Waals surface area contributed by atoms with Crippen molar-refractivity contribution in [2.24, 2.45) is 0 Å². The molecule has 2 aromatic rings. The first-order valence-electron chi connectivity index (χ1n) is 7.05. The Balaban J connectivity index is 1.75. The third kappa shape index (κ3) is 5.58. The molecule has 0 spiro atoms. The Kier molecular flexibility index (Phi) is 6.62. The van der Waals surface area contributed by atoms with Crippen molar-refractivity contribution >= 4 is 29.3 Å². The Morgan fingerprint density at radius 3 is 2.67 bits per heavy atom. The summed E-state index contributed by atoms with van der Waals surface area (Å²) in [5.41, 5.74) is 0.616. The van der Waals surface area contributed by atoms with Crippen LogP contribution in [-0.4, -0.2) is 31.3 Å². The van der Waals surface area contributed by atoms with E-state index in [2.05, 4.69) is 5.32 Å². The van der Waals surface area contributed by atoms with Gasteiger partial charge in [-0.15, -0.1) is 11.8 Å². The maximum Gasteiger partial charge on any atom is 0.344 e. The number of carbonyl (C=O) groups is 2. The zero-order chi connectivity index (χ0) is 17.4. The topological polar surface area (TPSA) is 64.6 Å². The van der Waals surface area contributed by atoms with E-state index in [9.17, 15) is 14.0 Å². The number of ether oxygens (including phenoxy) is 2. The first-order chi connectivity index (χ1) is 11.6. The van der Waals surface area contributed by atoms with Gasteiger partial charge >= 0.3 is 5.97 Å². The van der Waals surface area contributed by atoms with Gasteiger partial charge in [0.15, 0.2) is 24.8 Å². The number of hydrogen-bond donors (Lipinski definition) is 1. The highest BCUT2D eigenvalue weighted by Crippen LogP contribution is 2.19. The first kappa shape index (κ1) is 17.8. The average Bonchev–Trinajstić information content (AvgIpc) is 2.59. The quantitative estimate of drug-likeness (QED) is 0.615. The molecule has 1 amide bonds. The van der Waals surface area contributed by atoms with E-state index >= 15 is 0 Å². The van der Waals surface area contributed by atoms with Gasteiger partial charge in [0.1, 0.15) is 0 Å². The molecule has 126 valence electrons. The molecule has 0 saturated heterocycles. The SMILES string of the molecule is CSc1cccc(NC(=O)COC(=O)COc2ccccc2F)c1. The molecular weight excluding hydrogens is 333 g/mol. The van der Waals surface area contributed by atoms with Crippen LogP contribution in [0.2, 0.25) is 0 Å². The number of benzene rings is 2. The minimum Gasteiger partial charge on any atom is -0.479 e. The summed E-state index contributed by atoms with van der Waals surface area (Å²) in [6, 6.07) is 13.0. The lowest BCUT2D eigenvalue weighted by molar-refractivity contribution is -0.149. The van der Waals surface area contributed by atoms with Crippen LogP contribution < -0.4 is 10.1 Å². The number of hydrogen-bond acceptors (Lipinski definition) is 5. The van der Waals surface area contributed by atoms with Gasteiger partial charge in [0, 0.05) is 10.6 Å². The number of para-hydroxylation sites is 1. The number of esters is 1. The van der Waals surface area contributed by atoms with Gasteiger partial charge in [0.05, 0.1) is 0 Å². The van der Waals surface area contributed by atoms with E-state index in [1.165, 1.54) is 18.2 Å². The van der Waals surface area contributed by atoms with Crippen molar-refractivity contribution in [3.8, 4) is 5.75 Å². The van der Waals surface area contributed by atoms with Crippen LogP contribution in [0.3, 0.4) is 0 Å². The van der Waals surface area contributed by atoms with Crippen LogP contribution in [0.1, 0.15) is 0 Å². The molecule has 0 aromatic heterocycles. The molecule has 0 atom stereocenters. The van der Waals surface area contributed by atoms with Crippen LogP contribution in [-0.2, 0) is 14.3 Å². The summed E-state index contributed by atoms with van der Waals surface area (Å²) in [6.45, 7) is -0.918. The van der Waals surface area contributed by atoms with E-state index in [0.29, 0.717) is 5.69 Å². The largest absolute Gasteiger partial charge is 0.479 e. The smallest absolute Gasteiger partial charge is 0.344 e. The zero-order valence-electron chi connectivity index (χ0n) is 13.0. The molecule has 1 N–H and O–H groups in total. The predicted molar refractivity (Wildman–Crippen MR) is 89.7 cm³/mol. The van der Waals surface area contributed by atoms with Crippen LogP contribution in [0, 0.1) is 5.82 Å². The summed E-state index contributed by atoms with van der Waals surface area (Å²) in [4.78, 5) is 24.3. The minimum atomic E-state index is -0.758. The fourth-order valence-corrected chi connectivity index (χ4v) is 2.24. The summed E-state index contributed by atoms with van der Waals surface area (Å²) in [5.74, 6) is -1.84. The van der Waals surface area contributed by atoms with Gasteiger partial charge in [0.2, 0.25) is 0 Å². The monoisotopic (exact) mass is 349 g/mol. The van der Waals surface area contributed by atoms with Crippen molar-refractivity contribution in [2.75, 3.05) is 24.8 Å². The number of rotatable bonds is 7. The number of halogens is 1. The molecule has 0 aliphatic carbocycles. The van der Waals surface area contributed by atoms with Gasteiger partial charge in [-0.1, -0.05) is 18.2 Å². The van der Waals surface area contributed by atoms with E-state index in [-0.39, 0.29) is 5.75 Å². The summed E-state index contributed by atoms with van der Waals surface area (Å²) < 4.78 is 23.1. The molecule has 0 fully saturated rings. The second kappa shape index (κ2) is 8.93. The third-order valence-electron chi connectivity index (χ3n) is 2.90. The molecular formula is C17H16FNO4S. The fraction of sp³-hybridized carbons (Fsp3) is 0.176. The van der Waals surface area contributed by atoms with Crippen molar-refractivity contribution in [3.05, 3.63) is 54.3 Å². The molecule has 5 nitrogen and oxygen atoms in total. The second-order valence-electron chi connectivity index (χ2n) is 4.66. The highest BCUT2D eigenvalue weighted by molar-refractivity contribution is 7.98. The molecule has 0 aliphatic heterocycles. The number of anilines is 1. The summed E-state index contributed by atoms with van der Waals surface area (Å²) in [5, 5.41) is 2.62. The van der Waals surface area contributed by atoms with Crippen molar-refractivity contribution in [3.63, 3.8) is 0 Å². The molecule has 0 saturated carbocycles. The predicted octanol–water partition coefficient (Wildman–Crippen LogP) is 3.11. The molecule has 0 aliphatic rings. The normalized spacial score (nSPS) is 10.1. The van der Waals surface area contributed by atoms with Crippen molar-refractivity contribution in [1.82, 2.24) is 0 Å². The van der Waals surface area contributed by atoms with Crippen LogP contribution in [0.15, 0.2) is 53.4 Å². The second-order valence-corrected chi connectivity index (χ2v) is 5.54. The van der Waals surface area contributed by atoms with E-state index < -0.39 is 30.9 Å². The van der Waals surface area contributed by atoms with Crippen LogP contribution in [0.4, 0.5) is 10.1 Å². The number of carbonyl (C=O) groups excluding carboxylic acids is 2. The van der Waals surface area contributed by atoms with Crippen molar-refractivity contribution < 1.29 is 23.5 Å². The highest BCUT2D eigenvalue weighted by atomic mass is 32.2. The third-order valence-corrected chi connectivity index (χ3v) is 3.63. The van der Waals surface area contributed by atoms with E-state index in [1.807, 2.05) is 24.5 Å². The molecule has 2 aromatic carbocycles. The lowest BCUT2D eigenvalue weighted by atomic mass is 10.3. The van der Waals surface area contributed by atoms with Gasteiger partial charge in [-0.3, -0.25) is 4.79 Å². The van der Waals surface area contributed by atoms with Crippen molar-refractivity contribution in [2.45, 2.75) is 4.90 Å². The summed E-state index contributed by atoms with van der Waals surface area (Å²) in [6.07, 6.45) is 1.93. The number of thioether (sulfide) groups is 1. The lowest BCUT2D eigenvalue weighted by Gasteiger charge is -2.09. The fourth-order valence-electron chi connectivity index (χ4n) is 1.78. The standard InChI is InChI=1S/C17H16FNO4S/c1-24-13-6-4-5-12(9-13)19-16(20)10-23-17(21)11-22-15-8-3-2-7-14(15)18/h2-9H,10-11H2,1H3,(H,19,20). The van der Waals surface area contributed by atoms with Gasteiger partial charge in [-0.25, -0.2) is 9.18 Å². The molecule has 0 radical (unpaired) electrons. The van der Waals surface area contributed by atoms with Crippen molar-refractivity contribution in [1.29, 1.82) is 0 Å². The summed E-state index contributed by atoms with van der Waals surface area (Å²) in [7, 11) is 0. The molecule has 0 unspecified atom stereocenters.